The average molecular weight is 671 g/mol. The minimum absolute atomic E-state index is 0.0789. The molecule has 0 saturated heterocycles. The van der Waals surface area contributed by atoms with Gasteiger partial charge in [0, 0.05) is 36.1 Å². The van der Waals surface area contributed by atoms with E-state index in [2.05, 4.69) is 20.9 Å². The molecule has 5 rings (SSSR count). The van der Waals surface area contributed by atoms with Gasteiger partial charge in [0.05, 0.1) is 40.2 Å². The van der Waals surface area contributed by atoms with Gasteiger partial charge in [-0.15, -0.1) is 0 Å². The second kappa shape index (κ2) is 15.4. The van der Waals surface area contributed by atoms with E-state index in [1.54, 1.807) is 40.6 Å². The Morgan fingerprint density at radius 1 is 0.980 bits per heavy atom. The molecular formula is C38H46N4O7. The van der Waals surface area contributed by atoms with Gasteiger partial charge in [0.25, 0.3) is 0 Å². The molecule has 49 heavy (non-hydrogen) atoms. The average Bonchev–Trinajstić information content (AvgIpc) is 3.36. The van der Waals surface area contributed by atoms with Crippen molar-refractivity contribution in [2.24, 2.45) is 5.92 Å². The molecular weight excluding hydrogens is 624 g/mol. The van der Waals surface area contributed by atoms with Crippen molar-refractivity contribution in [3.05, 3.63) is 75.6 Å². The molecule has 1 heterocycles. The molecule has 4 aromatic rings. The van der Waals surface area contributed by atoms with Crippen LogP contribution in [0.2, 0.25) is 0 Å². The molecule has 3 aromatic carbocycles. The van der Waals surface area contributed by atoms with Crippen LogP contribution in [0.5, 0.6) is 23.0 Å². The Bertz CT molecular complexity index is 1900. The minimum Gasteiger partial charge on any atom is -0.497 e. The number of hydrogen-bond donors (Lipinski definition) is 4. The number of fused-ring (bicyclic) bond motifs is 4. The number of aromatic amines is 1. The zero-order chi connectivity index (χ0) is 35.2. The second-order valence-electron chi connectivity index (χ2n) is 12.4. The van der Waals surface area contributed by atoms with Crippen LogP contribution in [0.25, 0.3) is 22.0 Å². The highest BCUT2D eigenvalue weighted by Gasteiger charge is 2.30. The molecule has 11 heteroatoms. The number of rotatable bonds is 13. The summed E-state index contributed by atoms with van der Waals surface area (Å²) in [6.45, 7) is 5.88. The van der Waals surface area contributed by atoms with Crippen LogP contribution in [0, 0.1) is 5.92 Å². The maximum atomic E-state index is 13.9. The van der Waals surface area contributed by atoms with Crippen LogP contribution in [-0.2, 0) is 22.4 Å². The van der Waals surface area contributed by atoms with Crippen molar-refractivity contribution in [1.82, 2.24) is 15.6 Å². The van der Waals surface area contributed by atoms with Gasteiger partial charge in [0.1, 0.15) is 11.8 Å². The van der Waals surface area contributed by atoms with Crippen molar-refractivity contribution in [3.63, 3.8) is 0 Å². The number of anilines is 1. The summed E-state index contributed by atoms with van der Waals surface area (Å²) in [4.78, 5) is 43.2. The lowest BCUT2D eigenvalue weighted by Gasteiger charge is -2.24. The highest BCUT2D eigenvalue weighted by atomic mass is 16.5. The van der Waals surface area contributed by atoms with Gasteiger partial charge in [-0.25, -0.2) is 0 Å². The van der Waals surface area contributed by atoms with E-state index in [0.29, 0.717) is 60.6 Å². The molecule has 0 aliphatic heterocycles. The maximum Gasteiger partial charge on any atom is 0.242 e. The third-order valence-corrected chi connectivity index (χ3v) is 9.39. The molecule has 0 spiro atoms. The minimum atomic E-state index is -0.666. The predicted molar refractivity (Wildman–Crippen MR) is 191 cm³/mol. The molecule has 1 aliphatic rings. The van der Waals surface area contributed by atoms with Crippen LogP contribution in [-0.4, -0.2) is 57.8 Å². The number of benzene rings is 2. The zero-order valence-electron chi connectivity index (χ0n) is 29.2. The molecule has 0 fully saturated rings. The first-order valence-electron chi connectivity index (χ1n) is 16.6. The van der Waals surface area contributed by atoms with Gasteiger partial charge < -0.3 is 39.9 Å². The predicted octanol–water partition coefficient (Wildman–Crippen LogP) is 5.54. The molecule has 11 nitrogen and oxygen atoms in total. The summed E-state index contributed by atoms with van der Waals surface area (Å²) < 4.78 is 22.6. The van der Waals surface area contributed by atoms with Crippen LogP contribution in [0.4, 0.5) is 5.69 Å². The summed E-state index contributed by atoms with van der Waals surface area (Å²) in [5, 5.41) is 10.4. The third kappa shape index (κ3) is 7.30. The number of aromatic nitrogens is 1. The number of amides is 2. The lowest BCUT2D eigenvalue weighted by atomic mass is 9.95. The van der Waals surface area contributed by atoms with Crippen molar-refractivity contribution in [3.8, 4) is 34.1 Å². The van der Waals surface area contributed by atoms with Gasteiger partial charge in [0.2, 0.25) is 23.0 Å². The summed E-state index contributed by atoms with van der Waals surface area (Å²) in [6.07, 6.45) is 4.42. The topological polar surface area (TPSA) is 140 Å². The van der Waals surface area contributed by atoms with E-state index in [1.807, 2.05) is 50.4 Å². The van der Waals surface area contributed by atoms with E-state index >= 15 is 0 Å². The van der Waals surface area contributed by atoms with Crippen molar-refractivity contribution < 1.29 is 28.5 Å². The van der Waals surface area contributed by atoms with Crippen molar-refractivity contribution in [2.75, 3.05) is 40.3 Å². The summed E-state index contributed by atoms with van der Waals surface area (Å²) in [5.74, 6) is 1.71. The molecule has 1 aromatic heterocycles. The number of methoxy groups -OCH3 is 4. The van der Waals surface area contributed by atoms with Gasteiger partial charge in [-0.05, 0) is 83.8 Å². The Labute approximate surface area is 286 Å². The summed E-state index contributed by atoms with van der Waals surface area (Å²) in [5.41, 5.74) is 5.11. The Hall–Kier alpha value is -5.19. The Kier molecular flexibility index (Phi) is 11.0. The van der Waals surface area contributed by atoms with Gasteiger partial charge in [0.15, 0.2) is 11.5 Å². The fraction of sp³-hybridized carbons (Fsp3) is 0.395. The maximum absolute atomic E-state index is 13.9. The fourth-order valence-corrected chi connectivity index (χ4v) is 6.62. The lowest BCUT2D eigenvalue weighted by molar-refractivity contribution is -0.123. The number of aryl methyl sites for hydroxylation is 1. The quantitative estimate of drug-likeness (QED) is 0.146. The standard InChI is InChI=1S/C38H46N4O7/c1-8-21(2)35(38(45)39-16-15-24-20-40-29-13-10-25(46-4)18-27(24)29)42-31-14-11-26-28(19-32(31)44)30(41-22(3)43)12-9-23-17-33(47-5)36(48-6)37(49-7)34(23)26/h10-11,13-14,17-21,30,35,40H,8-9,12,15-16H2,1-7H3,(H,39,45)(H,41,43)(H,42,44)/t21-,30+,35+/m1/s1. The van der Waals surface area contributed by atoms with E-state index in [4.69, 9.17) is 18.9 Å². The number of carbonyl (C=O) groups is 2. The third-order valence-electron chi connectivity index (χ3n) is 9.39. The Balaban J connectivity index is 1.48. The van der Waals surface area contributed by atoms with Crippen LogP contribution in [0.3, 0.4) is 0 Å². The molecule has 0 saturated carbocycles. The number of ether oxygens (including phenoxy) is 4. The largest absolute Gasteiger partial charge is 0.497 e. The smallest absolute Gasteiger partial charge is 0.242 e. The van der Waals surface area contributed by atoms with Crippen molar-refractivity contribution in [2.45, 2.75) is 58.5 Å². The Morgan fingerprint density at radius 3 is 2.43 bits per heavy atom. The highest BCUT2D eigenvalue weighted by molar-refractivity contribution is 5.87. The van der Waals surface area contributed by atoms with Crippen LogP contribution >= 0.6 is 0 Å². The number of hydrogen-bond acceptors (Lipinski definition) is 8. The first kappa shape index (κ1) is 35.1. The van der Waals surface area contributed by atoms with Crippen LogP contribution in [0.15, 0.2) is 53.5 Å². The lowest BCUT2D eigenvalue weighted by Crippen LogP contribution is -2.45. The SMILES string of the molecule is CC[C@@H](C)[C@H](Nc1ccc2c(cc1=O)[C@@H](NC(C)=O)CCc1cc(OC)c(OC)c(OC)c1-2)C(=O)NCCc1c[nH]c2ccc(OC)cc12. The normalized spacial score (nSPS) is 14.8. The summed E-state index contributed by atoms with van der Waals surface area (Å²) in [7, 11) is 6.32. The molecule has 1 aliphatic carbocycles. The van der Waals surface area contributed by atoms with E-state index in [0.717, 1.165) is 33.3 Å². The van der Waals surface area contributed by atoms with E-state index in [-0.39, 0.29) is 28.8 Å². The summed E-state index contributed by atoms with van der Waals surface area (Å²) in [6, 6.07) is 11.8. The van der Waals surface area contributed by atoms with Crippen LogP contribution < -0.4 is 40.3 Å². The van der Waals surface area contributed by atoms with Gasteiger partial charge in [-0.2, -0.15) is 0 Å². The molecule has 0 bridgehead atoms. The van der Waals surface area contributed by atoms with E-state index < -0.39 is 12.1 Å². The fourth-order valence-electron chi connectivity index (χ4n) is 6.62. The zero-order valence-corrected chi connectivity index (χ0v) is 29.2. The van der Waals surface area contributed by atoms with Gasteiger partial charge in [-0.3, -0.25) is 14.4 Å². The second-order valence-corrected chi connectivity index (χ2v) is 12.4. The van der Waals surface area contributed by atoms with Crippen molar-refractivity contribution in [1.29, 1.82) is 0 Å². The first-order chi connectivity index (χ1) is 23.6. The first-order valence-corrected chi connectivity index (χ1v) is 16.6. The highest BCUT2D eigenvalue weighted by Crippen LogP contribution is 2.50. The monoisotopic (exact) mass is 670 g/mol. The molecule has 4 N–H and O–H groups in total. The van der Waals surface area contributed by atoms with E-state index in [9.17, 15) is 14.4 Å². The number of carbonyl (C=O) groups excluding carboxylic acids is 2. The molecule has 260 valence electrons. The molecule has 0 unspecified atom stereocenters. The molecule has 2 amide bonds. The number of H-pyrrole nitrogens is 1. The Morgan fingerprint density at radius 2 is 1.76 bits per heavy atom. The van der Waals surface area contributed by atoms with Gasteiger partial charge >= 0.3 is 0 Å². The van der Waals surface area contributed by atoms with Crippen molar-refractivity contribution >= 4 is 28.4 Å². The summed E-state index contributed by atoms with van der Waals surface area (Å²) >= 11 is 0. The van der Waals surface area contributed by atoms with Gasteiger partial charge in [-0.1, -0.05) is 26.3 Å². The van der Waals surface area contributed by atoms with Crippen LogP contribution in [0.1, 0.15) is 56.3 Å². The number of nitrogens with one attached hydrogen (secondary N) is 4. The van der Waals surface area contributed by atoms with E-state index in [1.165, 1.54) is 6.92 Å². The molecule has 0 radical (unpaired) electrons. The molecule has 3 atom stereocenters.